The standard InChI is InChI=1S/C19H32BrN/c1-4-6-7-8-9-10-11-12-19(21-5-2)17-14-13-16(3)15-18(17)20/h13-15,19,21H,4-12H2,1-3H3. The van der Waals surface area contributed by atoms with Crippen LogP contribution in [0.4, 0.5) is 0 Å². The van der Waals surface area contributed by atoms with E-state index in [0.717, 1.165) is 6.54 Å². The maximum Gasteiger partial charge on any atom is 0.0331 e. The van der Waals surface area contributed by atoms with E-state index < -0.39 is 0 Å². The molecule has 0 fully saturated rings. The Bertz CT molecular complexity index is 389. The molecule has 0 saturated carbocycles. The van der Waals surface area contributed by atoms with Crippen LogP contribution in [0.1, 0.15) is 82.4 Å². The molecule has 0 saturated heterocycles. The summed E-state index contributed by atoms with van der Waals surface area (Å²) < 4.78 is 1.25. The summed E-state index contributed by atoms with van der Waals surface area (Å²) in [6.07, 6.45) is 10.9. The molecular weight excluding hydrogens is 322 g/mol. The highest BCUT2D eigenvalue weighted by Gasteiger charge is 2.13. The summed E-state index contributed by atoms with van der Waals surface area (Å²) in [5.41, 5.74) is 2.73. The van der Waals surface area contributed by atoms with Crippen LogP contribution in [0.25, 0.3) is 0 Å². The second kappa shape index (κ2) is 11.3. The van der Waals surface area contributed by atoms with E-state index >= 15 is 0 Å². The minimum atomic E-state index is 0.487. The van der Waals surface area contributed by atoms with Crippen molar-refractivity contribution in [3.63, 3.8) is 0 Å². The van der Waals surface area contributed by atoms with Crippen molar-refractivity contribution in [1.29, 1.82) is 0 Å². The third-order valence-corrected chi connectivity index (χ3v) is 4.77. The third-order valence-electron chi connectivity index (χ3n) is 4.08. The lowest BCUT2D eigenvalue weighted by Gasteiger charge is -2.20. The van der Waals surface area contributed by atoms with Gasteiger partial charge in [-0.05, 0) is 37.1 Å². The number of benzene rings is 1. The van der Waals surface area contributed by atoms with Crippen molar-refractivity contribution < 1.29 is 0 Å². The van der Waals surface area contributed by atoms with Crippen molar-refractivity contribution in [2.45, 2.75) is 78.2 Å². The van der Waals surface area contributed by atoms with Gasteiger partial charge in [-0.1, -0.05) is 86.9 Å². The zero-order chi connectivity index (χ0) is 15.5. The average molecular weight is 354 g/mol. The maximum atomic E-state index is 3.73. The van der Waals surface area contributed by atoms with E-state index in [9.17, 15) is 0 Å². The molecule has 1 aromatic carbocycles. The highest BCUT2D eigenvalue weighted by atomic mass is 79.9. The summed E-state index contributed by atoms with van der Waals surface area (Å²) in [4.78, 5) is 0. The van der Waals surface area contributed by atoms with Crippen LogP contribution in [0.15, 0.2) is 22.7 Å². The van der Waals surface area contributed by atoms with E-state index in [1.165, 1.54) is 67.0 Å². The number of aryl methyl sites for hydroxylation is 1. The Labute approximate surface area is 140 Å². The SMILES string of the molecule is CCCCCCCCCC(NCC)c1ccc(C)cc1Br. The number of halogens is 1. The van der Waals surface area contributed by atoms with Crippen LogP contribution in [-0.4, -0.2) is 6.54 Å². The lowest BCUT2D eigenvalue weighted by Crippen LogP contribution is -2.21. The first-order chi connectivity index (χ1) is 10.2. The van der Waals surface area contributed by atoms with E-state index in [0.29, 0.717) is 6.04 Å². The third kappa shape index (κ3) is 7.46. The second-order valence-electron chi connectivity index (χ2n) is 6.05. The van der Waals surface area contributed by atoms with E-state index in [1.54, 1.807) is 0 Å². The molecule has 0 aliphatic heterocycles. The van der Waals surface area contributed by atoms with Gasteiger partial charge in [-0.15, -0.1) is 0 Å². The van der Waals surface area contributed by atoms with Gasteiger partial charge in [0.25, 0.3) is 0 Å². The molecule has 1 rings (SSSR count). The molecule has 0 aromatic heterocycles. The van der Waals surface area contributed by atoms with Gasteiger partial charge in [0.15, 0.2) is 0 Å². The molecule has 1 aromatic rings. The highest BCUT2D eigenvalue weighted by molar-refractivity contribution is 9.10. The molecule has 120 valence electrons. The average Bonchev–Trinajstić information content (AvgIpc) is 2.45. The fourth-order valence-corrected chi connectivity index (χ4v) is 3.60. The molecule has 0 radical (unpaired) electrons. The first-order valence-electron chi connectivity index (χ1n) is 8.68. The molecule has 2 heteroatoms. The second-order valence-corrected chi connectivity index (χ2v) is 6.90. The van der Waals surface area contributed by atoms with Crippen LogP contribution < -0.4 is 5.32 Å². The Balaban J connectivity index is 2.39. The highest BCUT2D eigenvalue weighted by Crippen LogP contribution is 2.28. The van der Waals surface area contributed by atoms with Gasteiger partial charge in [0.1, 0.15) is 0 Å². The molecule has 1 atom stereocenters. The molecular formula is C19H32BrN. The molecule has 0 heterocycles. The smallest absolute Gasteiger partial charge is 0.0331 e. The molecule has 0 bridgehead atoms. The topological polar surface area (TPSA) is 12.0 Å². The van der Waals surface area contributed by atoms with Crippen LogP contribution >= 0.6 is 15.9 Å². The summed E-state index contributed by atoms with van der Waals surface area (Å²) in [5.74, 6) is 0. The zero-order valence-electron chi connectivity index (χ0n) is 14.1. The van der Waals surface area contributed by atoms with Crippen molar-refractivity contribution in [3.05, 3.63) is 33.8 Å². The van der Waals surface area contributed by atoms with Gasteiger partial charge < -0.3 is 5.32 Å². The Morgan fingerprint density at radius 1 is 1.00 bits per heavy atom. The van der Waals surface area contributed by atoms with Crippen molar-refractivity contribution in [2.24, 2.45) is 0 Å². The predicted molar refractivity (Wildman–Crippen MR) is 97.9 cm³/mol. The van der Waals surface area contributed by atoms with Crippen molar-refractivity contribution in [2.75, 3.05) is 6.54 Å². The van der Waals surface area contributed by atoms with Gasteiger partial charge in [0, 0.05) is 10.5 Å². The summed E-state index contributed by atoms with van der Waals surface area (Å²) in [6.45, 7) is 7.65. The predicted octanol–water partition coefficient (Wildman–Crippen LogP) is 6.55. The molecule has 1 unspecified atom stereocenters. The van der Waals surface area contributed by atoms with Crippen molar-refractivity contribution >= 4 is 15.9 Å². The van der Waals surface area contributed by atoms with Gasteiger partial charge in [-0.25, -0.2) is 0 Å². The molecule has 21 heavy (non-hydrogen) atoms. The summed E-state index contributed by atoms with van der Waals surface area (Å²) in [6, 6.07) is 7.20. The number of hydrogen-bond acceptors (Lipinski definition) is 1. The van der Waals surface area contributed by atoms with E-state index in [-0.39, 0.29) is 0 Å². The molecule has 0 spiro atoms. The fraction of sp³-hybridized carbons (Fsp3) is 0.684. The van der Waals surface area contributed by atoms with Gasteiger partial charge in [-0.2, -0.15) is 0 Å². The van der Waals surface area contributed by atoms with Gasteiger partial charge in [0.05, 0.1) is 0 Å². The number of rotatable bonds is 11. The normalized spacial score (nSPS) is 12.6. The van der Waals surface area contributed by atoms with Crippen molar-refractivity contribution in [3.8, 4) is 0 Å². The quantitative estimate of drug-likeness (QED) is 0.444. The van der Waals surface area contributed by atoms with Crippen LogP contribution in [0.2, 0.25) is 0 Å². The Kier molecular flexibility index (Phi) is 10.0. The largest absolute Gasteiger partial charge is 0.310 e. The number of unbranched alkanes of at least 4 members (excludes halogenated alkanes) is 6. The van der Waals surface area contributed by atoms with Crippen LogP contribution in [-0.2, 0) is 0 Å². The van der Waals surface area contributed by atoms with E-state index in [2.05, 4.69) is 60.2 Å². The Morgan fingerprint density at radius 2 is 1.67 bits per heavy atom. The van der Waals surface area contributed by atoms with E-state index in [4.69, 9.17) is 0 Å². The maximum absolute atomic E-state index is 3.73. The molecule has 1 nitrogen and oxygen atoms in total. The van der Waals surface area contributed by atoms with E-state index in [1.807, 2.05) is 0 Å². The molecule has 1 N–H and O–H groups in total. The first kappa shape index (κ1) is 18.7. The first-order valence-corrected chi connectivity index (χ1v) is 9.47. The van der Waals surface area contributed by atoms with Crippen LogP contribution in [0, 0.1) is 6.92 Å². The lowest BCUT2D eigenvalue weighted by atomic mass is 9.98. The van der Waals surface area contributed by atoms with Gasteiger partial charge in [-0.3, -0.25) is 0 Å². The number of hydrogen-bond donors (Lipinski definition) is 1. The molecule has 0 aliphatic rings. The Morgan fingerprint density at radius 3 is 2.29 bits per heavy atom. The van der Waals surface area contributed by atoms with Crippen LogP contribution in [0.3, 0.4) is 0 Å². The van der Waals surface area contributed by atoms with Gasteiger partial charge >= 0.3 is 0 Å². The zero-order valence-corrected chi connectivity index (χ0v) is 15.6. The summed E-state index contributed by atoms with van der Waals surface area (Å²) >= 11 is 3.73. The van der Waals surface area contributed by atoms with Gasteiger partial charge in [0.2, 0.25) is 0 Å². The monoisotopic (exact) mass is 353 g/mol. The Hall–Kier alpha value is -0.340. The summed E-state index contributed by atoms with van der Waals surface area (Å²) in [5, 5.41) is 3.64. The summed E-state index contributed by atoms with van der Waals surface area (Å²) in [7, 11) is 0. The molecule has 0 amide bonds. The van der Waals surface area contributed by atoms with Crippen molar-refractivity contribution in [1.82, 2.24) is 5.32 Å². The minimum Gasteiger partial charge on any atom is -0.310 e. The minimum absolute atomic E-state index is 0.487. The molecule has 0 aliphatic carbocycles. The van der Waals surface area contributed by atoms with Crippen LogP contribution in [0.5, 0.6) is 0 Å². The fourth-order valence-electron chi connectivity index (χ4n) is 2.83. The number of nitrogens with one attached hydrogen (secondary N) is 1. The lowest BCUT2D eigenvalue weighted by molar-refractivity contribution is 0.474.